The van der Waals surface area contributed by atoms with Gasteiger partial charge in [0.2, 0.25) is 0 Å². The van der Waals surface area contributed by atoms with Gasteiger partial charge >= 0.3 is 0 Å². The van der Waals surface area contributed by atoms with Gasteiger partial charge in [-0.1, -0.05) is 0 Å². The van der Waals surface area contributed by atoms with E-state index < -0.39 is 5.91 Å². The lowest BCUT2D eigenvalue weighted by Gasteiger charge is -1.97. The number of ether oxygens (including phenoxy) is 1. The first-order valence-electron chi connectivity index (χ1n) is 4.71. The SMILES string of the molecule is COCCc1ncc2[nH]c(C(N)=O)nc2n1. The average Bonchev–Trinajstić information content (AvgIpc) is 2.69. The smallest absolute Gasteiger partial charge is 0.284 e. The van der Waals surface area contributed by atoms with Gasteiger partial charge in [-0.25, -0.2) is 15.0 Å². The number of aromatic amines is 1. The van der Waals surface area contributed by atoms with Crippen molar-refractivity contribution in [3.05, 3.63) is 17.8 Å². The summed E-state index contributed by atoms with van der Waals surface area (Å²) in [6.07, 6.45) is 2.18. The van der Waals surface area contributed by atoms with Gasteiger partial charge in [-0.05, 0) is 0 Å². The highest BCUT2D eigenvalue weighted by Gasteiger charge is 2.09. The standard InChI is InChI=1S/C9H11N5O2/c1-16-3-2-6-11-4-5-8(13-6)14-9(12-5)7(10)15/h4H,2-3H2,1H3,(H2,10,15)(H,11,12,13,14). The Hall–Kier alpha value is -2.02. The van der Waals surface area contributed by atoms with Crippen LogP contribution in [0, 0.1) is 0 Å². The number of fused-ring (bicyclic) bond motifs is 1. The maximum Gasteiger partial charge on any atom is 0.284 e. The lowest BCUT2D eigenvalue weighted by molar-refractivity contribution is 0.0991. The van der Waals surface area contributed by atoms with Crippen LogP contribution >= 0.6 is 0 Å². The Kier molecular flexibility index (Phi) is 2.78. The highest BCUT2D eigenvalue weighted by molar-refractivity contribution is 5.92. The number of aromatic nitrogens is 4. The molecule has 84 valence electrons. The Morgan fingerprint density at radius 1 is 1.56 bits per heavy atom. The Bertz CT molecular complexity index is 522. The third-order valence-electron chi connectivity index (χ3n) is 2.05. The van der Waals surface area contributed by atoms with Gasteiger partial charge in [0.25, 0.3) is 5.91 Å². The molecule has 2 aromatic heterocycles. The van der Waals surface area contributed by atoms with Crippen molar-refractivity contribution < 1.29 is 9.53 Å². The van der Waals surface area contributed by atoms with E-state index in [9.17, 15) is 4.79 Å². The average molecular weight is 221 g/mol. The van der Waals surface area contributed by atoms with Gasteiger partial charge in [-0.15, -0.1) is 0 Å². The van der Waals surface area contributed by atoms with Crippen LogP contribution in [0.2, 0.25) is 0 Å². The van der Waals surface area contributed by atoms with E-state index >= 15 is 0 Å². The fraction of sp³-hybridized carbons (Fsp3) is 0.333. The number of primary amides is 1. The molecule has 7 heteroatoms. The van der Waals surface area contributed by atoms with Crippen LogP contribution in [0.4, 0.5) is 0 Å². The molecule has 2 rings (SSSR count). The summed E-state index contributed by atoms with van der Waals surface area (Å²) in [5.41, 5.74) is 6.13. The number of nitrogens with two attached hydrogens (primary N) is 1. The molecule has 0 unspecified atom stereocenters. The lowest BCUT2D eigenvalue weighted by atomic mass is 10.4. The highest BCUT2D eigenvalue weighted by Crippen LogP contribution is 2.07. The summed E-state index contributed by atoms with van der Waals surface area (Å²) in [6, 6.07) is 0. The molecule has 7 nitrogen and oxygen atoms in total. The van der Waals surface area contributed by atoms with E-state index in [1.807, 2.05) is 0 Å². The van der Waals surface area contributed by atoms with E-state index in [1.54, 1.807) is 13.3 Å². The third-order valence-corrected chi connectivity index (χ3v) is 2.05. The molecule has 0 aromatic carbocycles. The topological polar surface area (TPSA) is 107 Å². The minimum Gasteiger partial charge on any atom is -0.384 e. The number of nitrogens with zero attached hydrogens (tertiary/aromatic N) is 3. The summed E-state index contributed by atoms with van der Waals surface area (Å²) in [5, 5.41) is 0. The number of rotatable bonds is 4. The molecule has 0 saturated heterocycles. The summed E-state index contributed by atoms with van der Waals surface area (Å²) < 4.78 is 4.92. The molecule has 3 N–H and O–H groups in total. The van der Waals surface area contributed by atoms with Gasteiger partial charge in [-0.3, -0.25) is 4.79 Å². The Balaban J connectivity index is 2.34. The zero-order valence-corrected chi connectivity index (χ0v) is 8.73. The van der Waals surface area contributed by atoms with Crippen LogP contribution in [0.25, 0.3) is 11.2 Å². The maximum atomic E-state index is 10.9. The third kappa shape index (κ3) is 1.98. The van der Waals surface area contributed by atoms with Crippen molar-refractivity contribution in [3.63, 3.8) is 0 Å². The van der Waals surface area contributed by atoms with Crippen LogP contribution in [0.1, 0.15) is 16.4 Å². The number of amides is 1. The molecule has 0 radical (unpaired) electrons. The van der Waals surface area contributed by atoms with Crippen molar-refractivity contribution in [1.82, 2.24) is 19.9 Å². The van der Waals surface area contributed by atoms with E-state index in [0.717, 1.165) is 0 Å². The summed E-state index contributed by atoms with van der Waals surface area (Å²) in [4.78, 5) is 25.9. The quantitative estimate of drug-likeness (QED) is 0.733. The summed E-state index contributed by atoms with van der Waals surface area (Å²) in [5.74, 6) is 0.0986. The molecular formula is C9H11N5O2. The number of H-pyrrole nitrogens is 1. The van der Waals surface area contributed by atoms with Crippen LogP contribution in [0.3, 0.4) is 0 Å². The van der Waals surface area contributed by atoms with Crippen molar-refractivity contribution in [1.29, 1.82) is 0 Å². The Labute approximate surface area is 91.1 Å². The number of imidazole rings is 1. The number of nitrogens with one attached hydrogen (secondary N) is 1. The molecule has 2 aromatic rings. The van der Waals surface area contributed by atoms with Crippen molar-refractivity contribution in [2.24, 2.45) is 5.73 Å². The molecule has 0 aliphatic rings. The molecule has 0 atom stereocenters. The largest absolute Gasteiger partial charge is 0.384 e. The molecule has 0 saturated carbocycles. The first kappa shape index (κ1) is 10.5. The van der Waals surface area contributed by atoms with E-state index in [0.29, 0.717) is 30.0 Å². The number of carbonyl (C=O) groups is 1. The predicted molar refractivity (Wildman–Crippen MR) is 55.8 cm³/mol. The zero-order chi connectivity index (χ0) is 11.5. The van der Waals surface area contributed by atoms with Crippen LogP contribution in [-0.4, -0.2) is 39.6 Å². The minimum atomic E-state index is -0.614. The normalized spacial score (nSPS) is 10.8. The van der Waals surface area contributed by atoms with E-state index in [4.69, 9.17) is 10.5 Å². The van der Waals surface area contributed by atoms with Crippen LogP contribution < -0.4 is 5.73 Å². The number of carbonyl (C=O) groups excluding carboxylic acids is 1. The molecule has 16 heavy (non-hydrogen) atoms. The number of hydrogen-bond donors (Lipinski definition) is 2. The van der Waals surface area contributed by atoms with Gasteiger partial charge in [0.15, 0.2) is 11.5 Å². The monoisotopic (exact) mass is 221 g/mol. The molecule has 0 spiro atoms. The molecule has 0 fully saturated rings. The fourth-order valence-corrected chi connectivity index (χ4v) is 1.27. The first-order chi connectivity index (χ1) is 7.70. The summed E-state index contributed by atoms with van der Waals surface area (Å²) >= 11 is 0. The first-order valence-corrected chi connectivity index (χ1v) is 4.71. The Morgan fingerprint density at radius 2 is 2.38 bits per heavy atom. The minimum absolute atomic E-state index is 0.0909. The zero-order valence-electron chi connectivity index (χ0n) is 8.73. The molecule has 0 aliphatic carbocycles. The van der Waals surface area contributed by atoms with Crippen LogP contribution in [0.5, 0.6) is 0 Å². The second kappa shape index (κ2) is 4.23. The van der Waals surface area contributed by atoms with Crippen LogP contribution in [0.15, 0.2) is 6.20 Å². The Morgan fingerprint density at radius 3 is 3.06 bits per heavy atom. The lowest BCUT2D eigenvalue weighted by Crippen LogP contribution is -2.12. The summed E-state index contributed by atoms with van der Waals surface area (Å²) in [6.45, 7) is 0.540. The maximum absolute atomic E-state index is 10.9. The van der Waals surface area contributed by atoms with Crippen molar-refractivity contribution in [2.75, 3.05) is 13.7 Å². The van der Waals surface area contributed by atoms with Gasteiger partial charge in [0.1, 0.15) is 11.3 Å². The van der Waals surface area contributed by atoms with Crippen LogP contribution in [-0.2, 0) is 11.2 Å². The predicted octanol–water partition coefficient (Wildman–Crippen LogP) is -0.359. The highest BCUT2D eigenvalue weighted by atomic mass is 16.5. The van der Waals surface area contributed by atoms with Crippen molar-refractivity contribution in [2.45, 2.75) is 6.42 Å². The van der Waals surface area contributed by atoms with E-state index in [2.05, 4.69) is 19.9 Å². The molecule has 0 bridgehead atoms. The van der Waals surface area contributed by atoms with Crippen molar-refractivity contribution >= 4 is 17.1 Å². The van der Waals surface area contributed by atoms with Crippen molar-refractivity contribution in [3.8, 4) is 0 Å². The second-order valence-electron chi connectivity index (χ2n) is 3.22. The van der Waals surface area contributed by atoms with Gasteiger partial charge < -0.3 is 15.5 Å². The molecule has 2 heterocycles. The molecular weight excluding hydrogens is 210 g/mol. The second-order valence-corrected chi connectivity index (χ2v) is 3.22. The van der Waals surface area contributed by atoms with E-state index in [-0.39, 0.29) is 5.82 Å². The fourth-order valence-electron chi connectivity index (χ4n) is 1.27. The van der Waals surface area contributed by atoms with Gasteiger partial charge in [-0.2, -0.15) is 0 Å². The van der Waals surface area contributed by atoms with Gasteiger partial charge in [0.05, 0.1) is 12.8 Å². The van der Waals surface area contributed by atoms with E-state index in [1.165, 1.54) is 0 Å². The number of methoxy groups -OCH3 is 1. The van der Waals surface area contributed by atoms with Gasteiger partial charge in [0, 0.05) is 13.5 Å². The summed E-state index contributed by atoms with van der Waals surface area (Å²) in [7, 11) is 1.61. The molecule has 1 amide bonds. The number of hydrogen-bond acceptors (Lipinski definition) is 5. The molecule has 0 aliphatic heterocycles.